The first-order valence-corrected chi connectivity index (χ1v) is 17.7. The van der Waals surface area contributed by atoms with Gasteiger partial charge in [-0.15, -0.1) is 0 Å². The van der Waals surface area contributed by atoms with E-state index >= 15 is 0 Å². The number of hydrogen-bond acceptors (Lipinski definition) is 6. The van der Waals surface area contributed by atoms with Crippen LogP contribution in [0.3, 0.4) is 0 Å². The van der Waals surface area contributed by atoms with Gasteiger partial charge in [0.25, 0.3) is 0 Å². The van der Waals surface area contributed by atoms with Crippen LogP contribution in [0.5, 0.6) is 5.75 Å². The number of benzene rings is 1. The standard InChI is InChI=1S/C25H42NO6PSi/c1-8-20-19(4)22-17-31-25(27)23(22)24(30-13-15-34(5,6)7)21(20)11-10-18(3)16-26-12-14-33(28,29)32-9-2/h10,26H,8-9,11-17H2,1-7H3,(H,28,29)/b18-10+. The van der Waals surface area contributed by atoms with Gasteiger partial charge in [0.15, 0.2) is 0 Å². The number of esters is 1. The summed E-state index contributed by atoms with van der Waals surface area (Å²) in [4.78, 5) is 22.3. The molecule has 2 N–H and O–H groups in total. The van der Waals surface area contributed by atoms with Crippen molar-refractivity contribution in [3.8, 4) is 5.75 Å². The van der Waals surface area contributed by atoms with Crippen LogP contribution in [0.1, 0.15) is 53.4 Å². The lowest BCUT2D eigenvalue weighted by Gasteiger charge is -2.22. The highest BCUT2D eigenvalue weighted by molar-refractivity contribution is 7.52. The van der Waals surface area contributed by atoms with Gasteiger partial charge in [0.2, 0.25) is 0 Å². The van der Waals surface area contributed by atoms with Crippen LogP contribution in [0.4, 0.5) is 0 Å². The summed E-state index contributed by atoms with van der Waals surface area (Å²) in [5.41, 5.74) is 6.06. The number of ether oxygens (including phenoxy) is 2. The molecule has 0 bridgehead atoms. The van der Waals surface area contributed by atoms with E-state index in [1.807, 2.05) is 6.92 Å². The third-order valence-corrected chi connectivity index (χ3v) is 9.19. The maximum absolute atomic E-state index is 12.6. The molecule has 0 saturated carbocycles. The van der Waals surface area contributed by atoms with Crippen molar-refractivity contribution in [1.29, 1.82) is 0 Å². The molecule has 1 aliphatic heterocycles. The molecular weight excluding hydrogens is 469 g/mol. The van der Waals surface area contributed by atoms with Crippen LogP contribution in [0.2, 0.25) is 25.7 Å². The predicted octanol–water partition coefficient (Wildman–Crippen LogP) is 5.25. The lowest BCUT2D eigenvalue weighted by Crippen LogP contribution is -2.23. The van der Waals surface area contributed by atoms with Gasteiger partial charge in [-0.25, -0.2) is 4.79 Å². The number of nitrogens with one attached hydrogen (secondary N) is 1. The number of rotatable bonds is 14. The molecule has 1 atom stereocenters. The molecule has 1 aromatic rings. The molecule has 1 unspecified atom stereocenters. The van der Waals surface area contributed by atoms with E-state index in [0.29, 0.717) is 44.0 Å². The van der Waals surface area contributed by atoms with Gasteiger partial charge in [-0.05, 0) is 50.8 Å². The monoisotopic (exact) mass is 511 g/mol. The minimum Gasteiger partial charge on any atom is -0.493 e. The fourth-order valence-electron chi connectivity index (χ4n) is 4.06. The number of carbonyl (C=O) groups is 1. The smallest absolute Gasteiger partial charge is 0.342 e. The molecule has 0 aromatic heterocycles. The zero-order chi connectivity index (χ0) is 25.5. The molecule has 0 spiro atoms. The van der Waals surface area contributed by atoms with Crippen molar-refractivity contribution in [3.63, 3.8) is 0 Å². The summed E-state index contributed by atoms with van der Waals surface area (Å²) in [6, 6.07) is 1.01. The van der Waals surface area contributed by atoms with Gasteiger partial charge in [0.05, 0.1) is 19.4 Å². The van der Waals surface area contributed by atoms with E-state index in [9.17, 15) is 14.3 Å². The van der Waals surface area contributed by atoms with Gasteiger partial charge in [0.1, 0.15) is 17.9 Å². The molecular formula is C25H42NO6PSi. The van der Waals surface area contributed by atoms with Gasteiger partial charge in [-0.1, -0.05) is 38.2 Å². The van der Waals surface area contributed by atoms with Crippen molar-refractivity contribution >= 4 is 21.6 Å². The van der Waals surface area contributed by atoms with Crippen LogP contribution in [0, 0.1) is 6.92 Å². The average molecular weight is 512 g/mol. The van der Waals surface area contributed by atoms with Crippen LogP contribution >= 0.6 is 7.60 Å². The van der Waals surface area contributed by atoms with E-state index in [1.54, 1.807) is 6.92 Å². The molecule has 34 heavy (non-hydrogen) atoms. The van der Waals surface area contributed by atoms with Crippen LogP contribution in [0.25, 0.3) is 0 Å². The van der Waals surface area contributed by atoms with Crippen molar-refractivity contribution < 1.29 is 28.3 Å². The van der Waals surface area contributed by atoms with E-state index in [1.165, 1.54) is 5.56 Å². The summed E-state index contributed by atoms with van der Waals surface area (Å²) in [7, 11) is -4.80. The zero-order valence-corrected chi connectivity index (χ0v) is 23.8. The molecule has 7 nitrogen and oxygen atoms in total. The lowest BCUT2D eigenvalue weighted by atomic mass is 9.89. The first-order chi connectivity index (χ1) is 15.9. The Hall–Kier alpha value is -1.44. The molecule has 2 rings (SSSR count). The third-order valence-electron chi connectivity index (χ3n) is 6.04. The Labute approximate surface area is 205 Å². The van der Waals surface area contributed by atoms with Crippen molar-refractivity contribution in [2.75, 3.05) is 32.5 Å². The zero-order valence-electron chi connectivity index (χ0n) is 21.9. The summed E-state index contributed by atoms with van der Waals surface area (Å²) in [5.74, 6) is 0.392. The van der Waals surface area contributed by atoms with Crippen molar-refractivity contribution in [2.24, 2.45) is 0 Å². The molecule has 0 amide bonds. The maximum Gasteiger partial charge on any atom is 0.342 e. The summed E-state index contributed by atoms with van der Waals surface area (Å²) in [5, 5.41) is 3.21. The van der Waals surface area contributed by atoms with Crippen molar-refractivity contribution in [2.45, 2.75) is 72.8 Å². The van der Waals surface area contributed by atoms with Gasteiger partial charge in [0, 0.05) is 32.3 Å². The second kappa shape index (κ2) is 12.5. The van der Waals surface area contributed by atoms with E-state index in [0.717, 1.165) is 34.7 Å². The molecule has 1 aromatic carbocycles. The van der Waals surface area contributed by atoms with Crippen LogP contribution in [0.15, 0.2) is 11.6 Å². The number of cyclic esters (lactones) is 1. The van der Waals surface area contributed by atoms with E-state index < -0.39 is 15.7 Å². The fraction of sp³-hybridized carbons (Fsp3) is 0.640. The SMILES string of the molecule is CCOP(=O)(O)CCNC/C(C)=C/Cc1c(CC)c(C)c2c(c1OCC[Si](C)(C)C)C(=O)OC2. The highest BCUT2D eigenvalue weighted by atomic mass is 31.2. The predicted molar refractivity (Wildman–Crippen MR) is 140 cm³/mol. The molecule has 9 heteroatoms. The summed E-state index contributed by atoms with van der Waals surface area (Å²) in [6.45, 7) is 17.0. The first kappa shape index (κ1) is 28.8. The molecule has 1 aliphatic rings. The van der Waals surface area contributed by atoms with Crippen molar-refractivity contribution in [3.05, 3.63) is 39.5 Å². The van der Waals surface area contributed by atoms with Crippen LogP contribution in [-0.4, -0.2) is 51.4 Å². The summed E-state index contributed by atoms with van der Waals surface area (Å²) in [6.07, 6.45) is 3.72. The second-order valence-electron chi connectivity index (χ2n) is 10.1. The molecule has 0 aliphatic carbocycles. The Morgan fingerprint density at radius 2 is 1.97 bits per heavy atom. The second-order valence-corrected chi connectivity index (χ2v) is 17.7. The highest BCUT2D eigenvalue weighted by Gasteiger charge is 2.32. The topological polar surface area (TPSA) is 94.1 Å². The number of allylic oxidation sites excluding steroid dienone is 1. The van der Waals surface area contributed by atoms with Gasteiger partial charge in [-0.3, -0.25) is 4.57 Å². The molecule has 0 radical (unpaired) electrons. The largest absolute Gasteiger partial charge is 0.493 e. The quantitative estimate of drug-likeness (QED) is 0.116. The Morgan fingerprint density at radius 1 is 1.26 bits per heavy atom. The Kier molecular flexibility index (Phi) is 10.6. The maximum atomic E-state index is 12.6. The third kappa shape index (κ3) is 8.06. The Morgan fingerprint density at radius 3 is 2.59 bits per heavy atom. The van der Waals surface area contributed by atoms with Crippen molar-refractivity contribution in [1.82, 2.24) is 5.32 Å². The van der Waals surface area contributed by atoms with Gasteiger partial charge >= 0.3 is 13.6 Å². The minimum absolute atomic E-state index is 0.0787. The molecule has 0 saturated heterocycles. The molecule has 192 valence electrons. The number of carbonyl (C=O) groups excluding carboxylic acids is 1. The highest BCUT2D eigenvalue weighted by Crippen LogP contribution is 2.41. The average Bonchev–Trinajstić information content (AvgIpc) is 3.12. The van der Waals surface area contributed by atoms with Gasteiger partial charge < -0.3 is 24.2 Å². The number of hydrogen-bond donors (Lipinski definition) is 2. The van der Waals surface area contributed by atoms with E-state index in [-0.39, 0.29) is 18.7 Å². The Bertz CT molecular complexity index is 954. The van der Waals surface area contributed by atoms with Crippen LogP contribution in [-0.2, 0) is 33.3 Å². The molecule has 1 heterocycles. The number of fused-ring (bicyclic) bond motifs is 1. The van der Waals surface area contributed by atoms with E-state index in [4.69, 9.17) is 14.0 Å². The summed E-state index contributed by atoms with van der Waals surface area (Å²) >= 11 is 0. The minimum atomic E-state index is -3.51. The lowest BCUT2D eigenvalue weighted by molar-refractivity contribution is 0.0532. The normalized spacial score (nSPS) is 15.8. The first-order valence-electron chi connectivity index (χ1n) is 12.2. The van der Waals surface area contributed by atoms with Gasteiger partial charge in [-0.2, -0.15) is 0 Å². The van der Waals surface area contributed by atoms with E-state index in [2.05, 4.69) is 44.9 Å². The Balaban J connectivity index is 2.22. The van der Waals surface area contributed by atoms with Crippen LogP contribution < -0.4 is 10.1 Å². The fourth-order valence-corrected chi connectivity index (χ4v) is 5.75. The summed E-state index contributed by atoms with van der Waals surface area (Å²) < 4.78 is 28.4. The molecule has 0 fully saturated rings.